The molecule has 2 atom stereocenters. The lowest BCUT2D eigenvalue weighted by molar-refractivity contribution is 0.534. The molecule has 2 rings (SSSR count). The number of rotatable bonds is 4. The molecule has 0 bridgehead atoms. The minimum atomic E-state index is -3.11. The van der Waals surface area contributed by atoms with E-state index in [1.807, 2.05) is 30.3 Å². The average molecular weight is 278 g/mol. The fraction of sp³-hybridized carbons (Fsp3) is 0.357. The molecule has 4 nitrogen and oxygen atoms in total. The normalized spacial score (nSPS) is 15.3. The SMILES string of the molecule is CNC(c1cnc2ccccc2c1)C(C)S(C)(=O)=O. The smallest absolute Gasteiger partial charge is 0.151 e. The van der Waals surface area contributed by atoms with Gasteiger partial charge in [-0.1, -0.05) is 18.2 Å². The highest BCUT2D eigenvalue weighted by Crippen LogP contribution is 2.23. The van der Waals surface area contributed by atoms with Gasteiger partial charge in [-0.3, -0.25) is 4.98 Å². The molecule has 0 amide bonds. The van der Waals surface area contributed by atoms with Gasteiger partial charge in [-0.15, -0.1) is 0 Å². The van der Waals surface area contributed by atoms with E-state index < -0.39 is 15.1 Å². The van der Waals surface area contributed by atoms with Gasteiger partial charge in [0.1, 0.15) is 0 Å². The Labute approximate surface area is 113 Å². The van der Waals surface area contributed by atoms with Crippen LogP contribution in [-0.4, -0.2) is 32.0 Å². The first-order valence-corrected chi connectivity index (χ1v) is 8.10. The second-order valence-corrected chi connectivity index (χ2v) is 7.16. The van der Waals surface area contributed by atoms with E-state index in [0.29, 0.717) is 0 Å². The number of nitrogens with one attached hydrogen (secondary N) is 1. The maximum atomic E-state index is 11.7. The van der Waals surface area contributed by atoms with Crippen molar-refractivity contribution in [3.63, 3.8) is 0 Å². The number of para-hydroxylation sites is 1. The summed E-state index contributed by atoms with van der Waals surface area (Å²) in [5.74, 6) is 0. The predicted octanol–water partition coefficient (Wildman–Crippen LogP) is 1.93. The summed E-state index contributed by atoms with van der Waals surface area (Å²) in [7, 11) is -1.34. The molecule has 0 fully saturated rings. The van der Waals surface area contributed by atoms with Crippen LogP contribution in [0.1, 0.15) is 18.5 Å². The minimum absolute atomic E-state index is 0.257. The molecular formula is C14H18N2O2S. The molecule has 0 saturated carbocycles. The molecule has 1 heterocycles. The molecule has 5 heteroatoms. The highest BCUT2D eigenvalue weighted by atomic mass is 32.2. The first kappa shape index (κ1) is 14.0. The van der Waals surface area contributed by atoms with Crippen molar-refractivity contribution in [1.82, 2.24) is 10.3 Å². The van der Waals surface area contributed by atoms with Crippen molar-refractivity contribution in [2.24, 2.45) is 0 Å². The zero-order valence-corrected chi connectivity index (χ0v) is 12.1. The van der Waals surface area contributed by atoms with Crippen LogP contribution in [0.2, 0.25) is 0 Å². The van der Waals surface area contributed by atoms with Crippen molar-refractivity contribution in [1.29, 1.82) is 0 Å². The Hall–Kier alpha value is -1.46. The summed E-state index contributed by atoms with van der Waals surface area (Å²) in [6.07, 6.45) is 3.00. The summed E-state index contributed by atoms with van der Waals surface area (Å²) in [5.41, 5.74) is 1.80. The van der Waals surface area contributed by atoms with Crippen LogP contribution < -0.4 is 5.32 Å². The molecule has 0 aliphatic rings. The summed E-state index contributed by atoms with van der Waals surface area (Å²) >= 11 is 0. The van der Waals surface area contributed by atoms with E-state index in [1.165, 1.54) is 6.26 Å². The van der Waals surface area contributed by atoms with E-state index in [9.17, 15) is 8.42 Å². The highest BCUT2D eigenvalue weighted by molar-refractivity contribution is 7.91. The van der Waals surface area contributed by atoms with Crippen molar-refractivity contribution in [3.05, 3.63) is 42.1 Å². The Bertz CT molecular complexity index is 683. The maximum Gasteiger partial charge on any atom is 0.151 e. The third-order valence-electron chi connectivity index (χ3n) is 3.43. The van der Waals surface area contributed by atoms with Crippen LogP contribution in [0.3, 0.4) is 0 Å². The third-order valence-corrected chi connectivity index (χ3v) is 5.05. The summed E-state index contributed by atoms with van der Waals surface area (Å²) in [5, 5.41) is 3.59. The number of fused-ring (bicyclic) bond motifs is 1. The number of benzene rings is 1. The lowest BCUT2D eigenvalue weighted by Gasteiger charge is -2.22. The third kappa shape index (κ3) is 2.93. The summed E-state index contributed by atoms with van der Waals surface area (Å²) in [6.45, 7) is 1.71. The fourth-order valence-electron chi connectivity index (χ4n) is 2.18. The van der Waals surface area contributed by atoms with Crippen LogP contribution in [0.15, 0.2) is 36.5 Å². The van der Waals surface area contributed by atoms with E-state index >= 15 is 0 Å². The molecular weight excluding hydrogens is 260 g/mol. The van der Waals surface area contributed by atoms with Crippen LogP contribution in [0.25, 0.3) is 10.9 Å². The second-order valence-electron chi connectivity index (χ2n) is 4.76. The van der Waals surface area contributed by atoms with Crippen molar-refractivity contribution in [2.75, 3.05) is 13.3 Å². The fourth-order valence-corrected chi connectivity index (χ4v) is 2.97. The molecule has 0 aliphatic carbocycles. The lowest BCUT2D eigenvalue weighted by Crippen LogP contribution is -2.33. The average Bonchev–Trinajstić information content (AvgIpc) is 2.38. The highest BCUT2D eigenvalue weighted by Gasteiger charge is 2.26. The number of hydrogen-bond acceptors (Lipinski definition) is 4. The molecule has 2 unspecified atom stereocenters. The zero-order chi connectivity index (χ0) is 14.0. The molecule has 102 valence electrons. The molecule has 1 aromatic carbocycles. The van der Waals surface area contributed by atoms with Gasteiger partial charge < -0.3 is 5.32 Å². The Morgan fingerprint density at radius 1 is 1.26 bits per heavy atom. The minimum Gasteiger partial charge on any atom is -0.312 e. The molecule has 0 saturated heterocycles. The van der Waals surface area contributed by atoms with E-state index in [0.717, 1.165) is 16.5 Å². The van der Waals surface area contributed by atoms with Crippen molar-refractivity contribution in [3.8, 4) is 0 Å². The first-order chi connectivity index (χ1) is 8.93. The van der Waals surface area contributed by atoms with Crippen molar-refractivity contribution >= 4 is 20.7 Å². The number of pyridine rings is 1. The van der Waals surface area contributed by atoms with Crippen molar-refractivity contribution < 1.29 is 8.42 Å². The summed E-state index contributed by atoms with van der Waals surface area (Å²) in [4.78, 5) is 4.38. The van der Waals surface area contributed by atoms with Crippen LogP contribution in [0, 0.1) is 0 Å². The molecule has 19 heavy (non-hydrogen) atoms. The van der Waals surface area contributed by atoms with Crippen LogP contribution in [-0.2, 0) is 9.84 Å². The lowest BCUT2D eigenvalue weighted by atomic mass is 10.0. The van der Waals surface area contributed by atoms with E-state index in [1.54, 1.807) is 20.2 Å². The van der Waals surface area contributed by atoms with Gasteiger partial charge in [-0.25, -0.2) is 8.42 Å². The van der Waals surface area contributed by atoms with E-state index in [2.05, 4.69) is 10.3 Å². The quantitative estimate of drug-likeness (QED) is 0.928. The topological polar surface area (TPSA) is 59.1 Å². The molecule has 1 N–H and O–H groups in total. The van der Waals surface area contributed by atoms with Gasteiger partial charge in [-0.05, 0) is 31.7 Å². The van der Waals surface area contributed by atoms with E-state index in [4.69, 9.17) is 0 Å². The number of sulfone groups is 1. The van der Waals surface area contributed by atoms with Crippen molar-refractivity contribution in [2.45, 2.75) is 18.2 Å². The number of aromatic nitrogens is 1. The van der Waals surface area contributed by atoms with Gasteiger partial charge >= 0.3 is 0 Å². The van der Waals surface area contributed by atoms with Gasteiger partial charge in [0.15, 0.2) is 9.84 Å². The Balaban J connectivity index is 2.46. The van der Waals surface area contributed by atoms with E-state index in [-0.39, 0.29) is 6.04 Å². The van der Waals surface area contributed by atoms with Crippen LogP contribution >= 0.6 is 0 Å². The summed E-state index contributed by atoms with van der Waals surface area (Å²) < 4.78 is 23.4. The number of nitrogens with zero attached hydrogens (tertiary/aromatic N) is 1. The second kappa shape index (κ2) is 5.27. The molecule has 0 radical (unpaired) electrons. The van der Waals surface area contributed by atoms with Gasteiger partial charge in [0.05, 0.1) is 16.8 Å². The Kier molecular flexibility index (Phi) is 3.87. The first-order valence-electron chi connectivity index (χ1n) is 6.14. The maximum absolute atomic E-state index is 11.7. The Morgan fingerprint density at radius 3 is 2.58 bits per heavy atom. The Morgan fingerprint density at radius 2 is 1.95 bits per heavy atom. The van der Waals surface area contributed by atoms with Gasteiger partial charge in [-0.2, -0.15) is 0 Å². The molecule has 0 aliphatic heterocycles. The van der Waals surface area contributed by atoms with Gasteiger partial charge in [0.2, 0.25) is 0 Å². The summed E-state index contributed by atoms with van der Waals surface area (Å²) in [6, 6.07) is 9.53. The van der Waals surface area contributed by atoms with Gasteiger partial charge in [0, 0.05) is 17.8 Å². The van der Waals surface area contributed by atoms with Gasteiger partial charge in [0.25, 0.3) is 0 Å². The molecule has 1 aromatic heterocycles. The number of hydrogen-bond donors (Lipinski definition) is 1. The monoisotopic (exact) mass is 278 g/mol. The predicted molar refractivity (Wildman–Crippen MR) is 77.8 cm³/mol. The largest absolute Gasteiger partial charge is 0.312 e. The zero-order valence-electron chi connectivity index (χ0n) is 11.3. The van der Waals surface area contributed by atoms with Crippen LogP contribution in [0.5, 0.6) is 0 Å². The van der Waals surface area contributed by atoms with Crippen LogP contribution in [0.4, 0.5) is 0 Å². The standard InChI is InChI=1S/C14H18N2O2S/c1-10(19(3,17)18)14(15-2)12-8-11-6-4-5-7-13(11)16-9-12/h4-10,14-15H,1-3H3. The molecule has 0 spiro atoms. The molecule has 2 aromatic rings.